The van der Waals surface area contributed by atoms with Crippen LogP contribution in [0.3, 0.4) is 0 Å². The van der Waals surface area contributed by atoms with Crippen molar-refractivity contribution in [1.82, 2.24) is 31.9 Å². The van der Waals surface area contributed by atoms with Crippen molar-refractivity contribution in [3.8, 4) is 0 Å². The Morgan fingerprint density at radius 1 is 0.590 bits per heavy atom. The van der Waals surface area contributed by atoms with Crippen LogP contribution in [0.15, 0.2) is 24.3 Å². The van der Waals surface area contributed by atoms with Crippen molar-refractivity contribution in [3.63, 3.8) is 0 Å². The third-order valence-electron chi connectivity index (χ3n) is 9.50. The van der Waals surface area contributed by atoms with Crippen molar-refractivity contribution in [2.24, 2.45) is 17.3 Å². The van der Waals surface area contributed by atoms with Crippen LogP contribution in [0.2, 0.25) is 0 Å². The second kappa shape index (κ2) is 25.7. The van der Waals surface area contributed by atoms with E-state index >= 15 is 0 Å². The number of benzene rings is 1. The van der Waals surface area contributed by atoms with Gasteiger partial charge in [0.25, 0.3) is 0 Å². The maximum atomic E-state index is 14.3. The van der Waals surface area contributed by atoms with Gasteiger partial charge in [0.2, 0.25) is 35.4 Å². The highest BCUT2D eigenvalue weighted by molar-refractivity contribution is 5.97. The van der Waals surface area contributed by atoms with Crippen molar-refractivity contribution in [3.05, 3.63) is 35.4 Å². The number of rotatable bonds is 27. The monoisotopic (exact) mass is 860 g/mol. The largest absolute Gasteiger partial charge is 0.481 e. The average molecular weight is 861 g/mol. The molecule has 0 heterocycles. The fourth-order valence-corrected chi connectivity index (χ4v) is 6.07. The molecule has 0 aliphatic heterocycles. The van der Waals surface area contributed by atoms with E-state index in [0.717, 1.165) is 5.56 Å². The molecule has 0 unspecified atom stereocenters. The molecule has 6 amide bonds. The van der Waals surface area contributed by atoms with Crippen LogP contribution in [0.25, 0.3) is 0 Å². The van der Waals surface area contributed by atoms with Crippen molar-refractivity contribution in [1.29, 1.82) is 0 Å². The first-order valence-corrected chi connectivity index (χ1v) is 20.3. The molecule has 1 aromatic carbocycles. The van der Waals surface area contributed by atoms with Crippen molar-refractivity contribution in [2.45, 2.75) is 149 Å². The third kappa shape index (κ3) is 20.8. The Morgan fingerprint density at radius 2 is 1.13 bits per heavy atom. The van der Waals surface area contributed by atoms with Gasteiger partial charge in [-0.05, 0) is 61.0 Å². The first-order chi connectivity index (χ1) is 28.3. The zero-order chi connectivity index (χ0) is 46.6. The van der Waals surface area contributed by atoms with E-state index in [0.29, 0.717) is 24.7 Å². The number of nitrogens with one attached hydrogen (secondary N) is 6. The minimum Gasteiger partial charge on any atom is -0.481 e. The summed E-state index contributed by atoms with van der Waals surface area (Å²) in [6.07, 6.45) is -1.60. The maximum Gasteiger partial charge on any atom is 0.305 e. The lowest BCUT2D eigenvalue weighted by atomic mass is 9.85. The topological polar surface area (TPSA) is 304 Å². The number of hydrogen-bond acceptors (Lipinski definition) is 10. The minimum atomic E-state index is -1.79. The summed E-state index contributed by atoms with van der Waals surface area (Å²) in [4.78, 5) is 127. The summed E-state index contributed by atoms with van der Waals surface area (Å²) in [6, 6.07) is -1.17. The lowest BCUT2D eigenvalue weighted by molar-refractivity contribution is -0.142. The summed E-state index contributed by atoms with van der Waals surface area (Å²) < 4.78 is 0. The van der Waals surface area contributed by atoms with Crippen molar-refractivity contribution < 1.29 is 63.3 Å². The number of aldehydes is 1. The van der Waals surface area contributed by atoms with E-state index in [4.69, 9.17) is 5.11 Å². The van der Waals surface area contributed by atoms with Gasteiger partial charge in [-0.25, -0.2) is 0 Å². The van der Waals surface area contributed by atoms with E-state index in [9.17, 15) is 58.2 Å². The molecule has 0 radical (unpaired) electrons. The number of aryl methyl sites for hydroxylation is 1. The van der Waals surface area contributed by atoms with Crippen molar-refractivity contribution >= 4 is 59.6 Å². The van der Waals surface area contributed by atoms with Gasteiger partial charge in [0.05, 0.1) is 18.9 Å². The Balaban J connectivity index is 3.54. The molecule has 1 aromatic rings. The van der Waals surface area contributed by atoms with Gasteiger partial charge in [-0.2, -0.15) is 0 Å². The van der Waals surface area contributed by atoms with Crippen LogP contribution in [-0.2, 0) is 54.4 Å². The molecule has 6 atom stereocenters. The minimum absolute atomic E-state index is 0.0695. The molecule has 19 heteroatoms. The summed E-state index contributed by atoms with van der Waals surface area (Å²) in [5.74, 6) is -9.37. The van der Waals surface area contributed by atoms with Gasteiger partial charge < -0.3 is 52.0 Å². The smallest absolute Gasteiger partial charge is 0.305 e. The van der Waals surface area contributed by atoms with Gasteiger partial charge >= 0.3 is 17.9 Å². The summed E-state index contributed by atoms with van der Waals surface area (Å²) in [6.45, 7) is 14.4. The Kier molecular flexibility index (Phi) is 22.4. The lowest BCUT2D eigenvalue weighted by Crippen LogP contribution is -2.62. The SMILES string of the molecule is Cc1ccccc1C[C@H](NC(=O)[C@H](CCC(=O)O)NC(=O)[C@H](CC(=O)O)NC(=O)CCC(=O)O)C(=O)N[C@H](C(=O)N[C@@H](CC(C)C)C(=O)N[C@H](C=O)CCC(C)C)C(C)(C)C. The third-order valence-corrected chi connectivity index (χ3v) is 9.50. The van der Waals surface area contributed by atoms with Crippen LogP contribution in [-0.4, -0.2) is 111 Å². The van der Waals surface area contributed by atoms with Crippen LogP contribution in [0, 0.1) is 24.2 Å². The lowest BCUT2D eigenvalue weighted by Gasteiger charge is -2.34. The molecule has 0 aliphatic carbocycles. The maximum absolute atomic E-state index is 14.3. The number of carboxylic acids is 3. The van der Waals surface area contributed by atoms with Crippen LogP contribution >= 0.6 is 0 Å². The molecule has 340 valence electrons. The second-order valence-electron chi connectivity index (χ2n) is 17.0. The van der Waals surface area contributed by atoms with Gasteiger partial charge in [0, 0.05) is 19.3 Å². The molecule has 0 saturated carbocycles. The molecule has 19 nitrogen and oxygen atoms in total. The normalized spacial score (nSPS) is 14.3. The van der Waals surface area contributed by atoms with Crippen LogP contribution in [0.5, 0.6) is 0 Å². The highest BCUT2D eigenvalue weighted by Crippen LogP contribution is 2.21. The summed E-state index contributed by atoms with van der Waals surface area (Å²) in [7, 11) is 0. The molecule has 9 N–H and O–H groups in total. The molecule has 0 aliphatic rings. The molecule has 1 rings (SSSR count). The molecule has 0 fully saturated rings. The highest BCUT2D eigenvalue weighted by atomic mass is 16.4. The Morgan fingerprint density at radius 3 is 1.66 bits per heavy atom. The number of amides is 6. The zero-order valence-corrected chi connectivity index (χ0v) is 36.3. The van der Waals surface area contributed by atoms with E-state index in [1.807, 2.05) is 27.7 Å². The predicted molar refractivity (Wildman–Crippen MR) is 222 cm³/mol. The molecule has 0 saturated heterocycles. The van der Waals surface area contributed by atoms with Gasteiger partial charge in [0.1, 0.15) is 36.5 Å². The van der Waals surface area contributed by atoms with E-state index in [-0.39, 0.29) is 24.7 Å². The van der Waals surface area contributed by atoms with Gasteiger partial charge in [-0.3, -0.25) is 43.2 Å². The fraction of sp³-hybridized carbons (Fsp3) is 0.619. The number of carbonyl (C=O) groups excluding carboxylic acids is 7. The molecule has 0 bridgehead atoms. The van der Waals surface area contributed by atoms with Crippen LogP contribution < -0.4 is 31.9 Å². The summed E-state index contributed by atoms with van der Waals surface area (Å²) in [5, 5.41) is 42.8. The Hall–Kier alpha value is -5.88. The molecule has 61 heavy (non-hydrogen) atoms. The summed E-state index contributed by atoms with van der Waals surface area (Å²) in [5.41, 5.74) is 0.354. The molecule has 0 spiro atoms. The highest BCUT2D eigenvalue weighted by Gasteiger charge is 2.38. The molecule has 0 aromatic heterocycles. The van der Waals surface area contributed by atoms with Crippen LogP contribution in [0.4, 0.5) is 0 Å². The zero-order valence-electron chi connectivity index (χ0n) is 36.3. The summed E-state index contributed by atoms with van der Waals surface area (Å²) >= 11 is 0. The average Bonchev–Trinajstić information content (AvgIpc) is 3.14. The van der Waals surface area contributed by atoms with Crippen LogP contribution in [0.1, 0.15) is 111 Å². The van der Waals surface area contributed by atoms with E-state index in [2.05, 4.69) is 31.9 Å². The quantitative estimate of drug-likeness (QED) is 0.0566. The Labute approximate surface area is 356 Å². The van der Waals surface area contributed by atoms with Crippen molar-refractivity contribution in [2.75, 3.05) is 0 Å². The first kappa shape index (κ1) is 53.1. The second-order valence-corrected chi connectivity index (χ2v) is 17.0. The Bertz CT molecular complexity index is 1720. The van der Waals surface area contributed by atoms with E-state index in [1.54, 1.807) is 52.0 Å². The van der Waals surface area contributed by atoms with E-state index in [1.165, 1.54) is 0 Å². The number of carbonyl (C=O) groups is 10. The molecular weight excluding hydrogens is 796 g/mol. The first-order valence-electron chi connectivity index (χ1n) is 20.3. The number of hydrogen-bond donors (Lipinski definition) is 9. The number of carboxylic acid groups (broad SMARTS) is 3. The number of aliphatic carboxylic acids is 3. The van der Waals surface area contributed by atoms with E-state index < -0.39 is 127 Å². The van der Waals surface area contributed by atoms with Gasteiger partial charge in [0.15, 0.2) is 0 Å². The predicted octanol–water partition coefficient (Wildman–Crippen LogP) is 1.38. The van der Waals surface area contributed by atoms with Gasteiger partial charge in [-0.15, -0.1) is 0 Å². The molecular formula is C42H64N6O13. The fourth-order valence-electron chi connectivity index (χ4n) is 6.07. The van der Waals surface area contributed by atoms with Gasteiger partial charge in [-0.1, -0.05) is 72.7 Å². The standard InChI is InChI=1S/C42H64N6O13/c1-23(2)13-14-27(22-49)43-38(58)29(19-24(3)4)47-41(61)36(42(6,7)8)48-40(60)30(20-26-12-10-9-11-25(26)5)46-37(57)28(15-17-33(51)52)45-39(59)31(21-35(55)56)44-32(50)16-18-34(53)54/h9-12,22-24,27-31,36H,13-21H2,1-8H3,(H,43,58)(H,44,50)(H,45,59)(H,46,57)(H,47,61)(H,48,60)(H,51,52)(H,53,54)(H,55,56)/t27-,28-,29-,30-,31-,36+/m0/s1.